The lowest BCUT2D eigenvalue weighted by Gasteiger charge is -2.14. The number of aromatic nitrogens is 2. The van der Waals surface area contributed by atoms with Gasteiger partial charge in [0.05, 0.1) is 14.2 Å². The van der Waals surface area contributed by atoms with Crippen LogP contribution in [0.1, 0.15) is 16.1 Å². The summed E-state index contributed by atoms with van der Waals surface area (Å²) in [6.45, 7) is 2.86. The lowest BCUT2D eigenvalue weighted by molar-refractivity contribution is 0.0954. The third-order valence-corrected chi connectivity index (χ3v) is 3.64. The van der Waals surface area contributed by atoms with E-state index >= 15 is 0 Å². The Kier molecular flexibility index (Phi) is 6.60. The van der Waals surface area contributed by atoms with Gasteiger partial charge in [-0.2, -0.15) is 4.98 Å². The van der Waals surface area contributed by atoms with E-state index in [1.165, 1.54) is 7.11 Å². The molecule has 0 radical (unpaired) electrons. The van der Waals surface area contributed by atoms with Gasteiger partial charge in [0.15, 0.2) is 11.5 Å². The van der Waals surface area contributed by atoms with Crippen LogP contribution < -0.4 is 25.0 Å². The second-order valence-electron chi connectivity index (χ2n) is 5.84. The van der Waals surface area contributed by atoms with Crippen LogP contribution in [0.2, 0.25) is 0 Å². The molecule has 0 spiro atoms. The van der Waals surface area contributed by atoms with Gasteiger partial charge in [-0.3, -0.25) is 4.79 Å². The minimum Gasteiger partial charge on any atom is -0.493 e. The van der Waals surface area contributed by atoms with Crippen LogP contribution >= 0.6 is 0 Å². The maximum absolute atomic E-state index is 12.2. The van der Waals surface area contributed by atoms with E-state index in [9.17, 15) is 4.79 Å². The first-order valence-corrected chi connectivity index (χ1v) is 8.21. The molecule has 8 heteroatoms. The number of amides is 1. The molecule has 8 nitrogen and oxygen atoms in total. The molecular weight excluding hydrogens is 334 g/mol. The molecule has 140 valence electrons. The molecule has 1 aromatic carbocycles. The molecule has 0 aliphatic heterocycles. The molecule has 1 aromatic heterocycles. The van der Waals surface area contributed by atoms with Gasteiger partial charge in [-0.25, -0.2) is 4.98 Å². The summed E-state index contributed by atoms with van der Waals surface area (Å²) in [6, 6.07) is 6.95. The fourth-order valence-corrected chi connectivity index (χ4v) is 2.29. The number of anilines is 2. The summed E-state index contributed by atoms with van der Waals surface area (Å²) in [5, 5.41) is 5.97. The molecule has 2 N–H and O–H groups in total. The SMILES string of the molecule is COc1ccc(C(=O)NCCNc2nc(C)cc(N(C)C)n2)cc1OC. The van der Waals surface area contributed by atoms with Crippen LogP contribution in [0.3, 0.4) is 0 Å². The molecule has 0 fully saturated rings. The molecule has 2 aromatic rings. The molecular formula is C18H25N5O3. The van der Waals surface area contributed by atoms with Crippen molar-refractivity contribution in [3.63, 3.8) is 0 Å². The number of carbonyl (C=O) groups is 1. The highest BCUT2D eigenvalue weighted by molar-refractivity contribution is 5.94. The van der Waals surface area contributed by atoms with E-state index in [1.54, 1.807) is 25.3 Å². The Morgan fingerprint density at radius 1 is 1.08 bits per heavy atom. The second kappa shape index (κ2) is 8.89. The summed E-state index contributed by atoms with van der Waals surface area (Å²) in [6.07, 6.45) is 0. The first-order chi connectivity index (χ1) is 12.4. The Morgan fingerprint density at radius 3 is 2.46 bits per heavy atom. The molecule has 0 atom stereocenters. The molecule has 0 aliphatic rings. The lowest BCUT2D eigenvalue weighted by Crippen LogP contribution is -2.29. The van der Waals surface area contributed by atoms with E-state index in [0.29, 0.717) is 36.1 Å². The van der Waals surface area contributed by atoms with Gasteiger partial charge >= 0.3 is 0 Å². The third kappa shape index (κ3) is 4.98. The number of ether oxygens (including phenoxy) is 2. The number of methoxy groups -OCH3 is 2. The first kappa shape index (κ1) is 19.3. The highest BCUT2D eigenvalue weighted by Crippen LogP contribution is 2.27. The normalized spacial score (nSPS) is 10.2. The van der Waals surface area contributed by atoms with E-state index in [4.69, 9.17) is 9.47 Å². The highest BCUT2D eigenvalue weighted by atomic mass is 16.5. The molecule has 1 heterocycles. The Hall–Kier alpha value is -3.03. The summed E-state index contributed by atoms with van der Waals surface area (Å²) in [4.78, 5) is 22.9. The van der Waals surface area contributed by atoms with Crippen molar-refractivity contribution in [2.75, 3.05) is 51.6 Å². The van der Waals surface area contributed by atoms with E-state index in [0.717, 1.165) is 11.5 Å². The lowest BCUT2D eigenvalue weighted by atomic mass is 10.2. The van der Waals surface area contributed by atoms with E-state index in [2.05, 4.69) is 20.6 Å². The Labute approximate surface area is 153 Å². The summed E-state index contributed by atoms with van der Waals surface area (Å²) < 4.78 is 10.4. The fraction of sp³-hybridized carbons (Fsp3) is 0.389. The predicted molar refractivity (Wildman–Crippen MR) is 101 cm³/mol. The summed E-state index contributed by atoms with van der Waals surface area (Å²) in [5.41, 5.74) is 1.38. The zero-order valence-electron chi connectivity index (χ0n) is 15.8. The van der Waals surface area contributed by atoms with Crippen LogP contribution in [0.5, 0.6) is 11.5 Å². The van der Waals surface area contributed by atoms with E-state index < -0.39 is 0 Å². The van der Waals surface area contributed by atoms with Gasteiger partial charge < -0.3 is 25.0 Å². The maximum atomic E-state index is 12.2. The third-order valence-electron chi connectivity index (χ3n) is 3.64. The van der Waals surface area contributed by atoms with Gasteiger partial charge in [0.2, 0.25) is 5.95 Å². The zero-order valence-corrected chi connectivity index (χ0v) is 15.8. The number of hydrogen-bond donors (Lipinski definition) is 2. The summed E-state index contributed by atoms with van der Waals surface area (Å²) >= 11 is 0. The number of aryl methyl sites for hydroxylation is 1. The van der Waals surface area contributed by atoms with Gasteiger partial charge in [0, 0.05) is 44.5 Å². The van der Waals surface area contributed by atoms with Gasteiger partial charge in [0.1, 0.15) is 5.82 Å². The minimum absolute atomic E-state index is 0.188. The molecule has 0 aliphatic carbocycles. The van der Waals surface area contributed by atoms with Crippen molar-refractivity contribution in [2.45, 2.75) is 6.92 Å². The topological polar surface area (TPSA) is 88.6 Å². The van der Waals surface area contributed by atoms with E-state index in [-0.39, 0.29) is 5.91 Å². The van der Waals surface area contributed by atoms with Crippen molar-refractivity contribution in [3.05, 3.63) is 35.5 Å². The maximum Gasteiger partial charge on any atom is 0.251 e. The Balaban J connectivity index is 1.89. The number of nitrogens with one attached hydrogen (secondary N) is 2. The van der Waals surface area contributed by atoms with Crippen LogP contribution in [-0.2, 0) is 0 Å². The van der Waals surface area contributed by atoms with Crippen LogP contribution in [-0.4, -0.2) is 57.3 Å². The molecule has 0 bridgehead atoms. The van der Waals surface area contributed by atoms with Gasteiger partial charge in [0.25, 0.3) is 5.91 Å². The minimum atomic E-state index is -0.188. The number of carbonyl (C=O) groups excluding carboxylic acids is 1. The van der Waals surface area contributed by atoms with Crippen LogP contribution in [0, 0.1) is 6.92 Å². The molecule has 0 unspecified atom stereocenters. The fourth-order valence-electron chi connectivity index (χ4n) is 2.29. The largest absolute Gasteiger partial charge is 0.493 e. The van der Waals surface area contributed by atoms with Crippen LogP contribution in [0.15, 0.2) is 24.3 Å². The van der Waals surface area contributed by atoms with Gasteiger partial charge in [-0.05, 0) is 25.1 Å². The Morgan fingerprint density at radius 2 is 1.81 bits per heavy atom. The van der Waals surface area contributed by atoms with Crippen LogP contribution in [0.25, 0.3) is 0 Å². The molecule has 26 heavy (non-hydrogen) atoms. The van der Waals surface area contributed by atoms with Crippen molar-refractivity contribution in [3.8, 4) is 11.5 Å². The summed E-state index contributed by atoms with van der Waals surface area (Å²) in [7, 11) is 6.94. The smallest absolute Gasteiger partial charge is 0.251 e. The highest BCUT2D eigenvalue weighted by Gasteiger charge is 2.10. The van der Waals surface area contributed by atoms with Crippen molar-refractivity contribution in [1.29, 1.82) is 0 Å². The standard InChI is InChI=1S/C18H25N5O3/c1-12-10-16(23(2)3)22-18(21-12)20-9-8-19-17(24)13-6-7-14(25-4)15(11-13)26-5/h6-7,10-11H,8-9H2,1-5H3,(H,19,24)(H,20,21,22). The Bertz CT molecular complexity index is 764. The van der Waals surface area contributed by atoms with E-state index in [1.807, 2.05) is 32.0 Å². The van der Waals surface area contributed by atoms with Crippen molar-refractivity contribution in [2.24, 2.45) is 0 Å². The predicted octanol–water partition coefficient (Wildman–Crippen LogP) is 1.71. The monoisotopic (exact) mass is 359 g/mol. The molecule has 0 saturated carbocycles. The quantitative estimate of drug-likeness (QED) is 0.694. The number of nitrogens with zero attached hydrogens (tertiary/aromatic N) is 3. The first-order valence-electron chi connectivity index (χ1n) is 8.21. The molecule has 1 amide bonds. The number of benzene rings is 1. The second-order valence-corrected chi connectivity index (χ2v) is 5.84. The van der Waals surface area contributed by atoms with Gasteiger partial charge in [-0.15, -0.1) is 0 Å². The number of rotatable bonds is 8. The van der Waals surface area contributed by atoms with Crippen molar-refractivity contribution < 1.29 is 14.3 Å². The number of hydrogen-bond acceptors (Lipinski definition) is 7. The summed E-state index contributed by atoms with van der Waals surface area (Å²) in [5.74, 6) is 2.27. The van der Waals surface area contributed by atoms with Gasteiger partial charge in [-0.1, -0.05) is 0 Å². The van der Waals surface area contributed by atoms with Crippen molar-refractivity contribution in [1.82, 2.24) is 15.3 Å². The molecule has 2 rings (SSSR count). The average Bonchev–Trinajstić information content (AvgIpc) is 2.63. The average molecular weight is 359 g/mol. The van der Waals surface area contributed by atoms with Crippen molar-refractivity contribution >= 4 is 17.7 Å². The van der Waals surface area contributed by atoms with Crippen LogP contribution in [0.4, 0.5) is 11.8 Å². The zero-order chi connectivity index (χ0) is 19.1. The molecule has 0 saturated heterocycles.